The lowest BCUT2D eigenvalue weighted by Gasteiger charge is -2.33. The summed E-state index contributed by atoms with van der Waals surface area (Å²) in [5.41, 5.74) is 1.61. The first kappa shape index (κ1) is 19.1. The third kappa shape index (κ3) is 4.00. The van der Waals surface area contributed by atoms with E-state index in [1.165, 1.54) is 4.31 Å². The number of nitrogens with zero attached hydrogens (tertiary/aromatic N) is 1. The highest BCUT2D eigenvalue weighted by Gasteiger charge is 2.37. The summed E-state index contributed by atoms with van der Waals surface area (Å²) in [4.78, 5) is 13.1. The maximum Gasteiger partial charge on any atom is 0.243 e. The van der Waals surface area contributed by atoms with Gasteiger partial charge >= 0.3 is 0 Å². The molecule has 3 rings (SSSR count). The lowest BCUT2D eigenvalue weighted by atomic mass is 10.0. The summed E-state index contributed by atoms with van der Waals surface area (Å²) in [7, 11) is -3.70. The molecule has 0 aliphatic carbocycles. The normalized spacial score (nSPS) is 18.5. The van der Waals surface area contributed by atoms with E-state index in [0.717, 1.165) is 22.9 Å². The number of carbonyl (C=O) groups is 1. The van der Waals surface area contributed by atoms with Crippen LogP contribution < -0.4 is 5.32 Å². The van der Waals surface area contributed by atoms with Crippen LogP contribution in [0.5, 0.6) is 0 Å². The zero-order valence-electron chi connectivity index (χ0n) is 14.5. The van der Waals surface area contributed by atoms with Crippen LogP contribution in [0.4, 0.5) is 5.69 Å². The number of sulfonamides is 1. The number of amides is 1. The summed E-state index contributed by atoms with van der Waals surface area (Å²) in [5, 5.41) is 2.89. The van der Waals surface area contributed by atoms with Gasteiger partial charge in [0.05, 0.1) is 4.90 Å². The Hall–Kier alpha value is -1.70. The Morgan fingerprint density at radius 1 is 1.15 bits per heavy atom. The standard InChI is InChI=1S/C19H21BrN2O3S/c1-14-13-15(20)10-11-17(14)21-19(23)18-9-5-6-12-22(18)26(24,25)16-7-3-2-4-8-16/h2-4,7-8,10-11,13,18H,5-6,9,12H2,1H3,(H,21,23). The largest absolute Gasteiger partial charge is 0.324 e. The summed E-state index contributed by atoms with van der Waals surface area (Å²) >= 11 is 3.40. The number of hydrogen-bond donors (Lipinski definition) is 1. The molecule has 138 valence electrons. The van der Waals surface area contributed by atoms with Crippen LogP contribution >= 0.6 is 15.9 Å². The van der Waals surface area contributed by atoms with Gasteiger partial charge in [-0.05, 0) is 55.7 Å². The number of rotatable bonds is 4. The molecule has 0 bridgehead atoms. The third-order valence-corrected chi connectivity index (χ3v) is 6.97. The predicted molar refractivity (Wildman–Crippen MR) is 105 cm³/mol. The number of nitrogens with one attached hydrogen (secondary N) is 1. The molecule has 1 unspecified atom stereocenters. The predicted octanol–water partition coefficient (Wildman–Crippen LogP) is 3.94. The van der Waals surface area contributed by atoms with E-state index in [1.807, 2.05) is 25.1 Å². The minimum absolute atomic E-state index is 0.222. The molecular weight excluding hydrogens is 416 g/mol. The molecular formula is C19H21BrN2O3S. The summed E-state index contributed by atoms with van der Waals surface area (Å²) in [6.45, 7) is 2.26. The average Bonchev–Trinajstić information content (AvgIpc) is 2.64. The Morgan fingerprint density at radius 2 is 1.88 bits per heavy atom. The van der Waals surface area contributed by atoms with Gasteiger partial charge in [0.15, 0.2) is 0 Å². The van der Waals surface area contributed by atoms with E-state index in [9.17, 15) is 13.2 Å². The van der Waals surface area contributed by atoms with Crippen molar-refractivity contribution in [1.29, 1.82) is 0 Å². The van der Waals surface area contributed by atoms with E-state index in [-0.39, 0.29) is 10.8 Å². The van der Waals surface area contributed by atoms with Crippen LogP contribution in [0.3, 0.4) is 0 Å². The van der Waals surface area contributed by atoms with Crippen LogP contribution in [0.15, 0.2) is 57.9 Å². The van der Waals surface area contributed by atoms with Crippen LogP contribution in [0, 0.1) is 6.92 Å². The highest BCUT2D eigenvalue weighted by atomic mass is 79.9. The van der Waals surface area contributed by atoms with Crippen LogP contribution in [-0.4, -0.2) is 31.2 Å². The van der Waals surface area contributed by atoms with Crippen molar-refractivity contribution in [3.05, 3.63) is 58.6 Å². The minimum atomic E-state index is -3.70. The van der Waals surface area contributed by atoms with Gasteiger partial charge in [-0.15, -0.1) is 0 Å². The van der Waals surface area contributed by atoms with Gasteiger partial charge in [0.1, 0.15) is 6.04 Å². The molecule has 1 N–H and O–H groups in total. The van der Waals surface area contributed by atoms with Gasteiger partial charge < -0.3 is 5.32 Å². The molecule has 2 aromatic rings. The Bertz CT molecular complexity index is 900. The highest BCUT2D eigenvalue weighted by molar-refractivity contribution is 9.10. The van der Waals surface area contributed by atoms with E-state index >= 15 is 0 Å². The zero-order valence-corrected chi connectivity index (χ0v) is 16.9. The molecule has 5 nitrogen and oxygen atoms in total. The molecule has 1 amide bonds. The van der Waals surface area contributed by atoms with Gasteiger partial charge in [0.2, 0.25) is 15.9 Å². The number of aryl methyl sites for hydroxylation is 1. The smallest absolute Gasteiger partial charge is 0.243 e. The fraction of sp³-hybridized carbons (Fsp3) is 0.316. The van der Waals surface area contributed by atoms with Crippen molar-refractivity contribution in [3.8, 4) is 0 Å². The highest BCUT2D eigenvalue weighted by Crippen LogP contribution is 2.27. The molecule has 1 aliphatic heterocycles. The third-order valence-electron chi connectivity index (χ3n) is 4.55. The Labute approximate surface area is 162 Å². The van der Waals surface area contributed by atoms with Crippen molar-refractivity contribution >= 4 is 37.5 Å². The SMILES string of the molecule is Cc1cc(Br)ccc1NC(=O)C1CCCCN1S(=O)(=O)c1ccccc1. The van der Waals surface area contributed by atoms with Crippen molar-refractivity contribution in [3.63, 3.8) is 0 Å². The van der Waals surface area contributed by atoms with Gasteiger partial charge in [-0.3, -0.25) is 4.79 Å². The number of anilines is 1. The lowest BCUT2D eigenvalue weighted by molar-refractivity contribution is -0.120. The van der Waals surface area contributed by atoms with Crippen LogP contribution in [-0.2, 0) is 14.8 Å². The van der Waals surface area contributed by atoms with Crippen LogP contribution in [0.2, 0.25) is 0 Å². The first-order chi connectivity index (χ1) is 12.4. The molecule has 0 radical (unpaired) electrons. The molecule has 0 aromatic heterocycles. The second-order valence-corrected chi connectivity index (χ2v) is 9.20. The molecule has 1 saturated heterocycles. The summed E-state index contributed by atoms with van der Waals surface area (Å²) in [6.07, 6.45) is 2.11. The van der Waals surface area contributed by atoms with Gasteiger partial charge in [-0.25, -0.2) is 8.42 Å². The van der Waals surface area contributed by atoms with Crippen molar-refractivity contribution in [2.75, 3.05) is 11.9 Å². The van der Waals surface area contributed by atoms with Crippen molar-refractivity contribution in [1.82, 2.24) is 4.31 Å². The average molecular weight is 437 g/mol. The molecule has 2 aromatic carbocycles. The number of carbonyl (C=O) groups excluding carboxylic acids is 1. The van der Waals surface area contributed by atoms with Crippen LogP contribution in [0.1, 0.15) is 24.8 Å². The molecule has 1 fully saturated rings. The maximum absolute atomic E-state index is 13.0. The second-order valence-electron chi connectivity index (χ2n) is 6.39. The molecule has 1 aliphatic rings. The zero-order chi connectivity index (χ0) is 18.7. The quantitative estimate of drug-likeness (QED) is 0.788. The number of hydrogen-bond acceptors (Lipinski definition) is 3. The lowest BCUT2D eigenvalue weighted by Crippen LogP contribution is -2.49. The molecule has 0 saturated carbocycles. The van der Waals surface area contributed by atoms with Gasteiger partial charge in [0.25, 0.3) is 0 Å². The molecule has 0 spiro atoms. The fourth-order valence-electron chi connectivity index (χ4n) is 3.17. The van der Waals surface area contributed by atoms with E-state index in [0.29, 0.717) is 18.7 Å². The van der Waals surface area contributed by atoms with Crippen molar-refractivity contribution in [2.45, 2.75) is 37.1 Å². The van der Waals surface area contributed by atoms with Gasteiger partial charge in [-0.1, -0.05) is 40.5 Å². The topological polar surface area (TPSA) is 66.5 Å². The molecule has 1 atom stereocenters. The van der Waals surface area contributed by atoms with E-state index in [1.54, 1.807) is 30.3 Å². The monoisotopic (exact) mass is 436 g/mol. The van der Waals surface area contributed by atoms with E-state index in [4.69, 9.17) is 0 Å². The van der Waals surface area contributed by atoms with E-state index in [2.05, 4.69) is 21.2 Å². The van der Waals surface area contributed by atoms with Crippen molar-refractivity contribution in [2.24, 2.45) is 0 Å². The molecule has 1 heterocycles. The number of benzene rings is 2. The minimum Gasteiger partial charge on any atom is -0.324 e. The summed E-state index contributed by atoms with van der Waals surface area (Å²) in [6, 6.07) is 13.2. The summed E-state index contributed by atoms with van der Waals surface area (Å²) in [5.74, 6) is -0.283. The Balaban J connectivity index is 1.86. The van der Waals surface area contributed by atoms with Crippen molar-refractivity contribution < 1.29 is 13.2 Å². The second kappa shape index (κ2) is 7.90. The molecule has 26 heavy (non-hydrogen) atoms. The summed E-state index contributed by atoms with van der Waals surface area (Å²) < 4.78 is 28.3. The Kier molecular flexibility index (Phi) is 5.79. The van der Waals surface area contributed by atoms with Crippen LogP contribution in [0.25, 0.3) is 0 Å². The number of halogens is 1. The Morgan fingerprint density at radius 3 is 2.58 bits per heavy atom. The first-order valence-electron chi connectivity index (χ1n) is 8.53. The first-order valence-corrected chi connectivity index (χ1v) is 10.8. The van der Waals surface area contributed by atoms with Gasteiger partial charge in [-0.2, -0.15) is 4.31 Å². The van der Waals surface area contributed by atoms with Gasteiger partial charge in [0, 0.05) is 16.7 Å². The van der Waals surface area contributed by atoms with E-state index < -0.39 is 16.1 Å². The number of piperidine rings is 1. The fourth-order valence-corrected chi connectivity index (χ4v) is 5.32. The molecule has 7 heteroatoms. The maximum atomic E-state index is 13.0.